The van der Waals surface area contributed by atoms with Crippen molar-refractivity contribution < 1.29 is 5.11 Å². The highest BCUT2D eigenvalue weighted by Gasteiger charge is 2.00. The fourth-order valence-electron chi connectivity index (χ4n) is 0.502. The topological polar surface area (TPSA) is 58.0 Å². The van der Waals surface area contributed by atoms with Crippen molar-refractivity contribution in [2.24, 2.45) is 0 Å². The van der Waals surface area contributed by atoms with Crippen molar-refractivity contribution in [1.29, 1.82) is 0 Å². The molecule has 0 aromatic carbocycles. The molecule has 11 heavy (non-hydrogen) atoms. The van der Waals surface area contributed by atoms with Gasteiger partial charge in [-0.25, -0.2) is 0 Å². The van der Waals surface area contributed by atoms with Gasteiger partial charge in [-0.05, 0) is 0 Å². The van der Waals surface area contributed by atoms with Crippen LogP contribution >= 0.6 is 23.1 Å². The van der Waals surface area contributed by atoms with E-state index in [2.05, 4.69) is 15.5 Å². The maximum Gasteiger partial charge on any atom is 0.206 e. The van der Waals surface area contributed by atoms with E-state index >= 15 is 0 Å². The molecule has 4 nitrogen and oxygen atoms in total. The lowest BCUT2D eigenvalue weighted by Crippen LogP contribution is -1.85. The van der Waals surface area contributed by atoms with Gasteiger partial charge in [-0.3, -0.25) is 0 Å². The third kappa shape index (κ3) is 2.64. The smallest absolute Gasteiger partial charge is 0.206 e. The van der Waals surface area contributed by atoms with Crippen LogP contribution in [-0.2, 0) is 0 Å². The zero-order valence-corrected chi connectivity index (χ0v) is 7.71. The molecule has 0 saturated heterocycles. The number of rotatable bonds is 4. The quantitative estimate of drug-likeness (QED) is 0.685. The van der Waals surface area contributed by atoms with Crippen LogP contribution in [0.5, 0.6) is 0 Å². The van der Waals surface area contributed by atoms with Crippen LogP contribution < -0.4 is 5.32 Å². The van der Waals surface area contributed by atoms with Gasteiger partial charge in [0.2, 0.25) is 5.13 Å². The molecule has 1 heterocycles. The highest BCUT2D eigenvalue weighted by atomic mass is 32.2. The van der Waals surface area contributed by atoms with E-state index in [4.69, 9.17) is 5.11 Å². The van der Waals surface area contributed by atoms with Gasteiger partial charge in [-0.15, -0.1) is 10.2 Å². The Morgan fingerprint density at radius 1 is 1.64 bits per heavy atom. The van der Waals surface area contributed by atoms with Gasteiger partial charge < -0.3 is 10.4 Å². The van der Waals surface area contributed by atoms with Crippen LogP contribution in [0, 0.1) is 0 Å². The summed E-state index contributed by atoms with van der Waals surface area (Å²) in [6.07, 6.45) is 0. The second-order valence-corrected chi connectivity index (χ2v) is 4.01. The van der Waals surface area contributed by atoms with E-state index in [1.165, 1.54) is 23.1 Å². The van der Waals surface area contributed by atoms with Gasteiger partial charge in [-0.1, -0.05) is 23.1 Å². The van der Waals surface area contributed by atoms with Gasteiger partial charge in [0.1, 0.15) is 0 Å². The minimum atomic E-state index is 0.180. The third-order valence-corrected chi connectivity index (χ3v) is 2.99. The largest absolute Gasteiger partial charge is 0.396 e. The molecule has 0 fully saturated rings. The number of nitrogens with zero attached hydrogens (tertiary/aromatic N) is 2. The van der Waals surface area contributed by atoms with Crippen LogP contribution in [-0.4, -0.2) is 34.7 Å². The molecular formula is C5H9N3OS2. The van der Waals surface area contributed by atoms with E-state index in [0.717, 1.165) is 9.47 Å². The first-order valence-electron chi connectivity index (χ1n) is 3.11. The van der Waals surface area contributed by atoms with Crippen molar-refractivity contribution in [2.75, 3.05) is 24.7 Å². The van der Waals surface area contributed by atoms with E-state index in [1.54, 1.807) is 7.05 Å². The van der Waals surface area contributed by atoms with E-state index in [-0.39, 0.29) is 6.61 Å². The Hall–Kier alpha value is -0.330. The van der Waals surface area contributed by atoms with Gasteiger partial charge in [0.05, 0.1) is 6.61 Å². The standard InChI is InChI=1S/C5H9N3OS2/c1-6-4-7-8-5(11-4)10-3-2-9/h9H,2-3H2,1H3,(H,6,7). The molecule has 62 valence electrons. The Kier molecular flexibility index (Phi) is 3.61. The second-order valence-electron chi connectivity index (χ2n) is 1.70. The number of hydrogen-bond acceptors (Lipinski definition) is 6. The summed E-state index contributed by atoms with van der Waals surface area (Å²) in [7, 11) is 1.81. The summed E-state index contributed by atoms with van der Waals surface area (Å²) in [5.41, 5.74) is 0. The number of anilines is 1. The average Bonchev–Trinajstić information content (AvgIpc) is 2.48. The van der Waals surface area contributed by atoms with Crippen LogP contribution in [0.4, 0.5) is 5.13 Å². The van der Waals surface area contributed by atoms with Crippen molar-refractivity contribution in [1.82, 2.24) is 10.2 Å². The number of thioether (sulfide) groups is 1. The molecule has 1 aromatic heterocycles. The molecule has 2 N–H and O–H groups in total. The Morgan fingerprint density at radius 2 is 2.45 bits per heavy atom. The fraction of sp³-hybridized carbons (Fsp3) is 0.600. The molecule has 0 aliphatic heterocycles. The van der Waals surface area contributed by atoms with Crippen LogP contribution in [0.2, 0.25) is 0 Å². The zero-order chi connectivity index (χ0) is 8.10. The van der Waals surface area contributed by atoms with Crippen molar-refractivity contribution in [3.8, 4) is 0 Å². The Balaban J connectivity index is 2.44. The third-order valence-electron chi connectivity index (χ3n) is 0.937. The summed E-state index contributed by atoms with van der Waals surface area (Å²) in [5, 5.41) is 19.9. The molecule has 0 atom stereocenters. The van der Waals surface area contributed by atoms with Crippen molar-refractivity contribution in [2.45, 2.75) is 4.34 Å². The van der Waals surface area contributed by atoms with Crippen molar-refractivity contribution in [3.63, 3.8) is 0 Å². The van der Waals surface area contributed by atoms with Gasteiger partial charge in [-0.2, -0.15) is 0 Å². The molecule has 0 aliphatic rings. The first-order valence-corrected chi connectivity index (χ1v) is 4.92. The lowest BCUT2D eigenvalue weighted by Gasteiger charge is -1.88. The summed E-state index contributed by atoms with van der Waals surface area (Å²) < 4.78 is 0.892. The van der Waals surface area contributed by atoms with Gasteiger partial charge in [0.25, 0.3) is 0 Å². The number of hydrogen-bond donors (Lipinski definition) is 2. The van der Waals surface area contributed by atoms with E-state index in [0.29, 0.717) is 5.75 Å². The van der Waals surface area contributed by atoms with Crippen molar-refractivity contribution >= 4 is 28.2 Å². The van der Waals surface area contributed by atoms with Crippen molar-refractivity contribution in [3.05, 3.63) is 0 Å². The molecule has 0 aliphatic carbocycles. The average molecular weight is 191 g/mol. The molecule has 0 unspecified atom stereocenters. The Morgan fingerprint density at radius 3 is 3.00 bits per heavy atom. The zero-order valence-electron chi connectivity index (χ0n) is 6.07. The van der Waals surface area contributed by atoms with Gasteiger partial charge in [0.15, 0.2) is 4.34 Å². The predicted octanol–water partition coefficient (Wildman–Crippen LogP) is 0.664. The summed E-state index contributed by atoms with van der Waals surface area (Å²) in [5.74, 6) is 0.679. The maximum atomic E-state index is 8.51. The van der Waals surface area contributed by atoms with E-state index in [1.807, 2.05) is 0 Å². The SMILES string of the molecule is CNc1nnc(SCCO)s1. The fourth-order valence-corrected chi connectivity index (χ4v) is 2.02. The van der Waals surface area contributed by atoms with E-state index < -0.39 is 0 Å². The molecule has 0 amide bonds. The van der Waals surface area contributed by atoms with Gasteiger partial charge >= 0.3 is 0 Å². The number of aliphatic hydroxyl groups is 1. The minimum absolute atomic E-state index is 0.180. The summed E-state index contributed by atoms with van der Waals surface area (Å²) in [4.78, 5) is 0. The summed E-state index contributed by atoms with van der Waals surface area (Å²) in [6, 6.07) is 0. The summed E-state index contributed by atoms with van der Waals surface area (Å²) >= 11 is 3.00. The molecular weight excluding hydrogens is 182 g/mol. The predicted molar refractivity (Wildman–Crippen MR) is 47.3 cm³/mol. The molecule has 0 spiro atoms. The first-order chi connectivity index (χ1) is 5.36. The Labute approximate surface area is 73.0 Å². The second kappa shape index (κ2) is 4.53. The van der Waals surface area contributed by atoms with E-state index in [9.17, 15) is 0 Å². The normalized spacial score (nSPS) is 10.0. The minimum Gasteiger partial charge on any atom is -0.396 e. The number of aromatic nitrogens is 2. The molecule has 6 heteroatoms. The van der Waals surface area contributed by atoms with Crippen LogP contribution in [0.3, 0.4) is 0 Å². The van der Waals surface area contributed by atoms with Crippen LogP contribution in [0.1, 0.15) is 0 Å². The molecule has 1 aromatic rings. The lowest BCUT2D eigenvalue weighted by atomic mass is 10.9. The molecule has 0 saturated carbocycles. The number of nitrogens with one attached hydrogen (secondary N) is 1. The lowest BCUT2D eigenvalue weighted by molar-refractivity contribution is 0.322. The molecule has 1 rings (SSSR count). The van der Waals surface area contributed by atoms with Crippen LogP contribution in [0.25, 0.3) is 0 Å². The number of aliphatic hydroxyl groups excluding tert-OH is 1. The highest BCUT2D eigenvalue weighted by Crippen LogP contribution is 2.24. The van der Waals surface area contributed by atoms with Gasteiger partial charge in [0, 0.05) is 12.8 Å². The molecule has 0 bridgehead atoms. The summed E-state index contributed by atoms with van der Waals surface area (Å²) in [6.45, 7) is 0.180. The highest BCUT2D eigenvalue weighted by molar-refractivity contribution is 8.01. The Bertz CT molecular complexity index is 215. The molecule has 0 radical (unpaired) electrons. The first kappa shape index (κ1) is 8.76. The van der Waals surface area contributed by atoms with Crippen LogP contribution in [0.15, 0.2) is 4.34 Å². The monoisotopic (exact) mass is 191 g/mol. The maximum absolute atomic E-state index is 8.51.